The molecular formula is C13H15BrCl2N2O2S. The van der Waals surface area contributed by atoms with Gasteiger partial charge in [-0.1, -0.05) is 39.1 Å². The van der Waals surface area contributed by atoms with Crippen molar-refractivity contribution in [2.24, 2.45) is 5.92 Å². The van der Waals surface area contributed by atoms with Crippen LogP contribution in [0.1, 0.15) is 12.8 Å². The molecular weight excluding hydrogens is 399 g/mol. The van der Waals surface area contributed by atoms with E-state index in [9.17, 15) is 8.42 Å². The molecule has 4 rings (SSSR count). The van der Waals surface area contributed by atoms with Crippen LogP contribution in [0.25, 0.3) is 0 Å². The first kappa shape index (κ1) is 16.0. The van der Waals surface area contributed by atoms with Gasteiger partial charge in [0.2, 0.25) is 10.0 Å². The lowest BCUT2D eigenvalue weighted by Crippen LogP contribution is -2.57. The molecule has 0 aliphatic carbocycles. The Morgan fingerprint density at radius 2 is 1.76 bits per heavy atom. The molecule has 4 nitrogen and oxygen atoms in total. The highest BCUT2D eigenvalue weighted by molar-refractivity contribution is 9.10. The second kappa shape index (κ2) is 5.98. The molecule has 3 aliphatic heterocycles. The van der Waals surface area contributed by atoms with Crippen LogP contribution in [0.4, 0.5) is 0 Å². The van der Waals surface area contributed by atoms with Crippen LogP contribution in [0.2, 0.25) is 10.0 Å². The predicted octanol–water partition coefficient (Wildman–Crippen LogP) is 3.13. The minimum atomic E-state index is -3.72. The van der Waals surface area contributed by atoms with Crippen LogP contribution in [0, 0.1) is 5.92 Å². The Kier molecular flexibility index (Phi) is 4.56. The smallest absolute Gasteiger partial charge is 0.243 e. The number of nitrogens with one attached hydrogen (secondary N) is 1. The number of nitrogens with zero attached hydrogens (tertiary/aromatic N) is 1. The van der Waals surface area contributed by atoms with Gasteiger partial charge < -0.3 is 4.90 Å². The molecule has 1 aromatic rings. The highest BCUT2D eigenvalue weighted by Crippen LogP contribution is 2.34. The summed E-state index contributed by atoms with van der Waals surface area (Å²) < 4.78 is 28.7. The zero-order valence-electron chi connectivity index (χ0n) is 11.2. The summed E-state index contributed by atoms with van der Waals surface area (Å²) in [4.78, 5) is 2.25. The lowest BCUT2D eigenvalue weighted by Gasteiger charge is -2.44. The number of piperidine rings is 3. The second-order valence-electron chi connectivity index (χ2n) is 5.56. The van der Waals surface area contributed by atoms with Crippen molar-refractivity contribution in [2.45, 2.75) is 23.8 Å². The van der Waals surface area contributed by atoms with E-state index in [0.717, 1.165) is 32.5 Å². The van der Waals surface area contributed by atoms with Crippen molar-refractivity contribution in [3.8, 4) is 0 Å². The summed E-state index contributed by atoms with van der Waals surface area (Å²) >= 11 is 15.4. The van der Waals surface area contributed by atoms with Gasteiger partial charge >= 0.3 is 0 Å². The third-order valence-corrected chi connectivity index (χ3v) is 7.06. The summed E-state index contributed by atoms with van der Waals surface area (Å²) in [6.07, 6.45) is 2.07. The molecule has 3 aliphatic rings. The van der Waals surface area contributed by atoms with Crippen LogP contribution in [0.5, 0.6) is 0 Å². The minimum Gasteiger partial charge on any atom is -0.302 e. The number of halogens is 3. The number of rotatable bonds is 3. The number of sulfonamides is 1. The molecule has 1 N–H and O–H groups in total. The van der Waals surface area contributed by atoms with Gasteiger partial charge in [-0.3, -0.25) is 0 Å². The summed E-state index contributed by atoms with van der Waals surface area (Å²) in [7, 11) is -3.72. The average molecular weight is 414 g/mol. The van der Waals surface area contributed by atoms with E-state index in [4.69, 9.17) is 23.2 Å². The first-order valence-corrected chi connectivity index (χ1v) is 9.79. The molecule has 0 radical (unpaired) electrons. The molecule has 116 valence electrons. The van der Waals surface area contributed by atoms with Gasteiger partial charge in [-0.15, -0.1) is 0 Å². The number of benzene rings is 1. The van der Waals surface area contributed by atoms with E-state index in [-0.39, 0.29) is 21.0 Å². The Hall–Kier alpha value is 0.150. The number of hydrogen-bond donors (Lipinski definition) is 1. The summed E-state index contributed by atoms with van der Waals surface area (Å²) in [5.41, 5.74) is 0. The largest absolute Gasteiger partial charge is 0.302 e. The lowest BCUT2D eigenvalue weighted by atomic mass is 9.85. The fourth-order valence-electron chi connectivity index (χ4n) is 3.14. The Morgan fingerprint density at radius 1 is 1.19 bits per heavy atom. The first-order chi connectivity index (χ1) is 9.87. The van der Waals surface area contributed by atoms with E-state index in [1.54, 1.807) is 12.1 Å². The van der Waals surface area contributed by atoms with Crippen molar-refractivity contribution in [2.75, 3.05) is 19.6 Å². The molecule has 3 saturated heterocycles. The van der Waals surface area contributed by atoms with E-state index in [2.05, 4.69) is 25.6 Å². The Balaban J connectivity index is 1.88. The molecule has 8 heteroatoms. The molecule has 0 aromatic heterocycles. The van der Waals surface area contributed by atoms with Crippen molar-refractivity contribution in [1.82, 2.24) is 9.62 Å². The standard InChI is InChI=1S/C13H15BrCl2N2O2S/c14-9-5-10(15)13(11(16)6-9)21(19,20)17-12-7-18-3-1-8(12)2-4-18/h5-6,8,12,17H,1-4,7H2. The second-order valence-corrected chi connectivity index (χ2v) is 8.95. The first-order valence-electron chi connectivity index (χ1n) is 6.76. The van der Waals surface area contributed by atoms with Crippen LogP contribution in [-0.2, 0) is 10.0 Å². The fourth-order valence-corrected chi connectivity index (χ4v) is 6.38. The van der Waals surface area contributed by atoms with E-state index in [0.29, 0.717) is 10.4 Å². The molecule has 2 bridgehead atoms. The summed E-state index contributed by atoms with van der Waals surface area (Å²) in [5.74, 6) is 0.401. The monoisotopic (exact) mass is 412 g/mol. The Morgan fingerprint density at radius 3 is 2.24 bits per heavy atom. The van der Waals surface area contributed by atoms with Crippen LogP contribution >= 0.6 is 39.1 Å². The Bertz CT molecular complexity index is 637. The van der Waals surface area contributed by atoms with Crippen LogP contribution in [0.15, 0.2) is 21.5 Å². The van der Waals surface area contributed by atoms with E-state index >= 15 is 0 Å². The molecule has 3 fully saturated rings. The minimum absolute atomic E-state index is 0.0366. The molecule has 0 spiro atoms. The molecule has 0 amide bonds. The normalized spacial score (nSPS) is 28.8. The van der Waals surface area contributed by atoms with Crippen molar-refractivity contribution in [1.29, 1.82) is 0 Å². The van der Waals surface area contributed by atoms with E-state index in [1.165, 1.54) is 0 Å². The molecule has 1 atom stereocenters. The average Bonchev–Trinajstić information content (AvgIpc) is 2.37. The van der Waals surface area contributed by atoms with Gasteiger partial charge in [0.05, 0.1) is 10.0 Å². The number of hydrogen-bond acceptors (Lipinski definition) is 3. The van der Waals surface area contributed by atoms with Crippen LogP contribution in [-0.4, -0.2) is 39.0 Å². The topological polar surface area (TPSA) is 49.4 Å². The molecule has 0 saturated carbocycles. The highest BCUT2D eigenvalue weighted by Gasteiger charge is 2.37. The van der Waals surface area contributed by atoms with Crippen molar-refractivity contribution >= 4 is 49.2 Å². The third-order valence-electron chi connectivity index (χ3n) is 4.19. The lowest BCUT2D eigenvalue weighted by molar-refractivity contribution is 0.0827. The van der Waals surface area contributed by atoms with Crippen LogP contribution < -0.4 is 4.72 Å². The fraction of sp³-hybridized carbons (Fsp3) is 0.538. The maximum atomic E-state index is 12.6. The molecule has 3 heterocycles. The van der Waals surface area contributed by atoms with Gasteiger partial charge in [0.1, 0.15) is 4.90 Å². The van der Waals surface area contributed by atoms with E-state index in [1.807, 2.05) is 0 Å². The van der Waals surface area contributed by atoms with Gasteiger partial charge in [-0.05, 0) is 44.0 Å². The van der Waals surface area contributed by atoms with Crippen LogP contribution in [0.3, 0.4) is 0 Å². The predicted molar refractivity (Wildman–Crippen MR) is 87.4 cm³/mol. The molecule has 1 unspecified atom stereocenters. The van der Waals surface area contributed by atoms with Gasteiger partial charge in [0.15, 0.2) is 0 Å². The quantitative estimate of drug-likeness (QED) is 0.827. The van der Waals surface area contributed by atoms with Gasteiger partial charge in [-0.2, -0.15) is 0 Å². The Labute approximate surface area is 143 Å². The van der Waals surface area contributed by atoms with Gasteiger partial charge in [0.25, 0.3) is 0 Å². The summed E-state index contributed by atoms with van der Waals surface area (Å²) in [6, 6.07) is 3.02. The highest BCUT2D eigenvalue weighted by atomic mass is 79.9. The molecule has 21 heavy (non-hydrogen) atoms. The maximum absolute atomic E-state index is 12.6. The van der Waals surface area contributed by atoms with Crippen molar-refractivity contribution in [3.63, 3.8) is 0 Å². The number of fused-ring (bicyclic) bond motifs is 3. The SMILES string of the molecule is O=S(=O)(NC1CN2CCC1CC2)c1c(Cl)cc(Br)cc1Cl. The van der Waals surface area contributed by atoms with Crippen molar-refractivity contribution < 1.29 is 8.42 Å². The van der Waals surface area contributed by atoms with Gasteiger partial charge in [0, 0.05) is 17.1 Å². The third kappa shape index (κ3) is 3.26. The molecule has 1 aromatic carbocycles. The zero-order valence-corrected chi connectivity index (χ0v) is 15.1. The maximum Gasteiger partial charge on any atom is 0.243 e. The van der Waals surface area contributed by atoms with E-state index < -0.39 is 10.0 Å². The van der Waals surface area contributed by atoms with Crippen molar-refractivity contribution in [3.05, 3.63) is 26.7 Å². The zero-order chi connectivity index (χ0) is 15.2. The van der Waals surface area contributed by atoms with Gasteiger partial charge in [-0.25, -0.2) is 13.1 Å². The summed E-state index contributed by atoms with van der Waals surface area (Å²) in [5, 5.41) is 0.256. The summed E-state index contributed by atoms with van der Waals surface area (Å²) in [6.45, 7) is 2.88.